The predicted octanol–water partition coefficient (Wildman–Crippen LogP) is 2.80. The molecule has 3 heteroatoms. The number of nitro groups is 1. The molecule has 0 atom stereocenters. The van der Waals surface area contributed by atoms with Crippen molar-refractivity contribution in [3.63, 3.8) is 0 Å². The molecule has 0 aliphatic carbocycles. The van der Waals surface area contributed by atoms with Crippen molar-refractivity contribution in [3.8, 4) is 0 Å². The van der Waals surface area contributed by atoms with E-state index in [1.807, 2.05) is 30.3 Å². The summed E-state index contributed by atoms with van der Waals surface area (Å²) in [7, 11) is 0. The predicted molar refractivity (Wildman–Crippen MR) is 55.5 cm³/mol. The summed E-state index contributed by atoms with van der Waals surface area (Å²) in [4.78, 5) is 9.92. The minimum Gasteiger partial charge on any atom is -0.259 e. The Morgan fingerprint density at radius 2 is 2.07 bits per heavy atom. The number of rotatable bonds is 4. The normalized spacial score (nSPS) is 11.4. The first-order valence-electron chi connectivity index (χ1n) is 4.55. The second-order valence-electron chi connectivity index (χ2n) is 3.13. The lowest BCUT2D eigenvalue weighted by atomic mass is 10.1. The summed E-state index contributed by atoms with van der Waals surface area (Å²) in [6.07, 6.45) is 3.23. The van der Waals surface area contributed by atoms with Gasteiger partial charge in [-0.25, -0.2) is 0 Å². The van der Waals surface area contributed by atoms with Crippen LogP contribution in [0.15, 0.2) is 42.1 Å². The van der Waals surface area contributed by atoms with E-state index in [-0.39, 0.29) is 10.6 Å². The van der Waals surface area contributed by atoms with Gasteiger partial charge >= 0.3 is 0 Å². The molecule has 0 fully saturated rings. The van der Waals surface area contributed by atoms with Gasteiger partial charge in [0.25, 0.3) is 0 Å². The first kappa shape index (κ1) is 10.4. The molecule has 0 amide bonds. The van der Waals surface area contributed by atoms with Crippen LogP contribution in [0.1, 0.15) is 18.9 Å². The maximum absolute atomic E-state index is 10.3. The van der Waals surface area contributed by atoms with Gasteiger partial charge in [-0.2, -0.15) is 0 Å². The second kappa shape index (κ2) is 5.17. The van der Waals surface area contributed by atoms with Crippen LogP contribution in [0.4, 0.5) is 0 Å². The van der Waals surface area contributed by atoms with Crippen molar-refractivity contribution < 1.29 is 4.92 Å². The Kier molecular flexibility index (Phi) is 3.85. The quantitative estimate of drug-likeness (QED) is 0.542. The van der Waals surface area contributed by atoms with Crippen molar-refractivity contribution in [2.24, 2.45) is 0 Å². The van der Waals surface area contributed by atoms with E-state index in [9.17, 15) is 10.1 Å². The van der Waals surface area contributed by atoms with Gasteiger partial charge < -0.3 is 0 Å². The van der Waals surface area contributed by atoms with Crippen molar-refractivity contribution in [2.45, 2.75) is 19.8 Å². The van der Waals surface area contributed by atoms with Crippen LogP contribution in [0.5, 0.6) is 0 Å². The Morgan fingerprint density at radius 3 is 2.64 bits per heavy atom. The number of hydrogen-bond acceptors (Lipinski definition) is 2. The molecule has 1 rings (SSSR count). The van der Waals surface area contributed by atoms with Crippen molar-refractivity contribution in [2.75, 3.05) is 0 Å². The zero-order valence-electron chi connectivity index (χ0n) is 8.14. The van der Waals surface area contributed by atoms with Crippen molar-refractivity contribution in [1.29, 1.82) is 0 Å². The third-order valence-corrected chi connectivity index (χ3v) is 2.00. The topological polar surface area (TPSA) is 43.1 Å². The molecule has 0 radical (unpaired) electrons. The molecule has 3 nitrogen and oxygen atoms in total. The number of hydrogen-bond donors (Lipinski definition) is 0. The fourth-order valence-electron chi connectivity index (χ4n) is 1.17. The zero-order valence-corrected chi connectivity index (χ0v) is 8.14. The molecule has 0 saturated carbocycles. The second-order valence-corrected chi connectivity index (χ2v) is 3.13. The molecule has 1 aromatic carbocycles. The summed E-state index contributed by atoms with van der Waals surface area (Å²) < 4.78 is 0. The van der Waals surface area contributed by atoms with Crippen molar-refractivity contribution >= 4 is 0 Å². The zero-order chi connectivity index (χ0) is 10.4. The molecule has 0 aliphatic rings. The molecular formula is C11H13NO2. The highest BCUT2D eigenvalue weighted by Gasteiger charge is 1.99. The van der Waals surface area contributed by atoms with Crippen molar-refractivity contribution in [3.05, 3.63) is 57.8 Å². The van der Waals surface area contributed by atoms with Crippen LogP contribution in [0, 0.1) is 10.1 Å². The average Bonchev–Trinajstić information content (AvgIpc) is 2.19. The Bertz CT molecular complexity index is 330. The number of allylic oxidation sites excluding steroid dienone is 2. The highest BCUT2D eigenvalue weighted by Crippen LogP contribution is 2.04. The molecule has 0 N–H and O–H groups in total. The fraction of sp³-hybridized carbons (Fsp3) is 0.273. The maximum atomic E-state index is 10.3. The Hall–Kier alpha value is -1.64. The van der Waals surface area contributed by atoms with E-state index < -0.39 is 0 Å². The number of aryl methyl sites for hydroxylation is 1. The highest BCUT2D eigenvalue weighted by atomic mass is 16.6. The van der Waals surface area contributed by atoms with Crippen LogP contribution < -0.4 is 0 Å². The van der Waals surface area contributed by atoms with E-state index in [1.165, 1.54) is 12.5 Å². The van der Waals surface area contributed by atoms with Gasteiger partial charge in [0.05, 0.1) is 4.92 Å². The van der Waals surface area contributed by atoms with Crippen LogP contribution >= 0.6 is 0 Å². The monoisotopic (exact) mass is 191 g/mol. The molecule has 0 aromatic heterocycles. The van der Waals surface area contributed by atoms with Gasteiger partial charge in [0, 0.05) is 6.92 Å². The molecule has 74 valence electrons. The minimum atomic E-state index is -0.356. The highest BCUT2D eigenvalue weighted by molar-refractivity contribution is 5.15. The maximum Gasteiger partial charge on any atom is 0.239 e. The largest absolute Gasteiger partial charge is 0.259 e. The van der Waals surface area contributed by atoms with Crippen LogP contribution in [-0.4, -0.2) is 4.92 Å². The molecule has 1 aromatic rings. The fourth-order valence-corrected chi connectivity index (χ4v) is 1.17. The lowest BCUT2D eigenvalue weighted by Gasteiger charge is -1.96. The first-order valence-corrected chi connectivity index (χ1v) is 4.55. The van der Waals surface area contributed by atoms with Gasteiger partial charge in [-0.3, -0.25) is 10.1 Å². The van der Waals surface area contributed by atoms with E-state index in [1.54, 1.807) is 6.08 Å². The number of nitrogens with zero attached hydrogens (tertiary/aromatic N) is 1. The van der Waals surface area contributed by atoms with Gasteiger partial charge in [-0.05, 0) is 24.5 Å². The van der Waals surface area contributed by atoms with E-state index in [4.69, 9.17) is 0 Å². The van der Waals surface area contributed by atoms with E-state index in [0.29, 0.717) is 0 Å². The van der Waals surface area contributed by atoms with Crippen LogP contribution in [-0.2, 0) is 6.42 Å². The SMILES string of the molecule is CC(=CCCc1ccccc1)[N+](=O)[O-]. The summed E-state index contributed by atoms with van der Waals surface area (Å²) in [5.74, 6) is 0. The summed E-state index contributed by atoms with van der Waals surface area (Å²) in [6, 6.07) is 9.95. The molecule has 0 unspecified atom stereocenters. The van der Waals surface area contributed by atoms with Crippen LogP contribution in [0.25, 0.3) is 0 Å². The van der Waals surface area contributed by atoms with Crippen LogP contribution in [0.3, 0.4) is 0 Å². The van der Waals surface area contributed by atoms with E-state index in [2.05, 4.69) is 0 Å². The van der Waals surface area contributed by atoms with Crippen LogP contribution in [0.2, 0.25) is 0 Å². The number of benzene rings is 1. The first-order chi connectivity index (χ1) is 6.70. The summed E-state index contributed by atoms with van der Waals surface area (Å²) in [5.41, 5.74) is 1.43. The van der Waals surface area contributed by atoms with Gasteiger partial charge in [-0.15, -0.1) is 0 Å². The molecule has 0 spiro atoms. The van der Waals surface area contributed by atoms with Gasteiger partial charge in [0.1, 0.15) is 0 Å². The van der Waals surface area contributed by atoms with E-state index in [0.717, 1.165) is 12.8 Å². The average molecular weight is 191 g/mol. The third kappa shape index (κ3) is 3.39. The van der Waals surface area contributed by atoms with Gasteiger partial charge in [0.2, 0.25) is 5.70 Å². The molecule has 0 heterocycles. The molecule has 14 heavy (non-hydrogen) atoms. The van der Waals surface area contributed by atoms with Crippen molar-refractivity contribution in [1.82, 2.24) is 0 Å². The lowest BCUT2D eigenvalue weighted by molar-refractivity contribution is -0.424. The molecular weight excluding hydrogens is 178 g/mol. The standard InChI is InChI=1S/C11H13NO2/c1-10(12(13)14)6-5-9-11-7-3-2-4-8-11/h2-4,6-8H,5,9H2,1H3. The van der Waals surface area contributed by atoms with Gasteiger partial charge in [-0.1, -0.05) is 30.3 Å². The summed E-state index contributed by atoms with van der Waals surface area (Å²) in [6.45, 7) is 1.52. The minimum absolute atomic E-state index is 0.223. The Labute approximate surface area is 83.2 Å². The summed E-state index contributed by atoms with van der Waals surface area (Å²) in [5, 5.41) is 10.3. The smallest absolute Gasteiger partial charge is 0.239 e. The molecule has 0 aliphatic heterocycles. The molecule has 0 saturated heterocycles. The van der Waals surface area contributed by atoms with E-state index >= 15 is 0 Å². The Balaban J connectivity index is 2.43. The van der Waals surface area contributed by atoms with Gasteiger partial charge in [0.15, 0.2) is 0 Å². The Morgan fingerprint density at radius 1 is 1.43 bits per heavy atom. The summed E-state index contributed by atoms with van der Waals surface area (Å²) >= 11 is 0. The lowest BCUT2D eigenvalue weighted by Crippen LogP contribution is -1.93. The third-order valence-electron chi connectivity index (χ3n) is 2.00. The molecule has 0 bridgehead atoms.